The molecule has 1 aromatic heterocycles. The Kier molecular flexibility index (Phi) is 7.00. The second-order valence-electron chi connectivity index (χ2n) is 8.27. The molecule has 166 valence electrons. The average molecular weight is 451 g/mol. The lowest BCUT2D eigenvalue weighted by Crippen LogP contribution is -2.47. The third-order valence-corrected chi connectivity index (χ3v) is 6.74. The third-order valence-electron chi connectivity index (χ3n) is 5.86. The average Bonchev–Trinajstić information content (AvgIpc) is 3.47. The van der Waals surface area contributed by atoms with E-state index in [-0.39, 0.29) is 29.8 Å². The zero-order chi connectivity index (χ0) is 22.5. The van der Waals surface area contributed by atoms with Gasteiger partial charge in [-0.05, 0) is 55.0 Å². The van der Waals surface area contributed by atoms with E-state index in [0.29, 0.717) is 5.69 Å². The maximum atomic E-state index is 15.0. The Morgan fingerprint density at radius 1 is 1.09 bits per heavy atom. The summed E-state index contributed by atoms with van der Waals surface area (Å²) in [5.41, 5.74) is 1.74. The Morgan fingerprint density at radius 3 is 2.56 bits per heavy atom. The second kappa shape index (κ2) is 10.1. The van der Waals surface area contributed by atoms with Crippen molar-refractivity contribution in [3.05, 3.63) is 87.9 Å². The molecule has 1 aliphatic rings. The van der Waals surface area contributed by atoms with Crippen LogP contribution >= 0.6 is 11.3 Å². The number of hydrogen-bond donors (Lipinski definition) is 1. The molecular formula is C26H27FN2O2S. The van der Waals surface area contributed by atoms with Gasteiger partial charge in [0.1, 0.15) is 11.9 Å². The van der Waals surface area contributed by atoms with Crippen molar-refractivity contribution in [2.45, 2.75) is 51.1 Å². The maximum absolute atomic E-state index is 15.0. The summed E-state index contributed by atoms with van der Waals surface area (Å²) in [6.45, 7) is 1.93. The number of nitrogens with one attached hydrogen (secondary N) is 1. The van der Waals surface area contributed by atoms with E-state index in [0.717, 1.165) is 36.1 Å². The van der Waals surface area contributed by atoms with E-state index in [9.17, 15) is 14.0 Å². The smallest absolute Gasteiger partial charge is 0.248 e. The van der Waals surface area contributed by atoms with Gasteiger partial charge in [-0.3, -0.25) is 14.5 Å². The van der Waals surface area contributed by atoms with Gasteiger partial charge in [0.25, 0.3) is 0 Å². The zero-order valence-electron chi connectivity index (χ0n) is 18.1. The predicted octanol–water partition coefficient (Wildman–Crippen LogP) is 5.57. The SMILES string of the molecule is Cc1cccc(N(C(=O)Cc2cccs2)[C@@H](C(=O)NC2CCCC2)c2ccccc2F)c1. The Labute approximate surface area is 192 Å². The minimum absolute atomic E-state index is 0.0588. The maximum Gasteiger partial charge on any atom is 0.248 e. The molecule has 0 saturated heterocycles. The fraction of sp³-hybridized carbons (Fsp3) is 0.308. The molecule has 0 unspecified atom stereocenters. The normalized spacial score (nSPS) is 14.8. The van der Waals surface area contributed by atoms with Crippen LogP contribution in [0.5, 0.6) is 0 Å². The molecular weight excluding hydrogens is 423 g/mol. The topological polar surface area (TPSA) is 49.4 Å². The van der Waals surface area contributed by atoms with Crippen molar-refractivity contribution < 1.29 is 14.0 Å². The van der Waals surface area contributed by atoms with Crippen LogP contribution in [-0.4, -0.2) is 17.9 Å². The number of amides is 2. The van der Waals surface area contributed by atoms with E-state index in [2.05, 4.69) is 5.32 Å². The van der Waals surface area contributed by atoms with Crippen molar-refractivity contribution in [2.24, 2.45) is 0 Å². The fourth-order valence-electron chi connectivity index (χ4n) is 4.31. The first-order chi connectivity index (χ1) is 15.5. The molecule has 0 bridgehead atoms. The number of hydrogen-bond acceptors (Lipinski definition) is 3. The molecule has 0 spiro atoms. The highest BCUT2D eigenvalue weighted by Crippen LogP contribution is 2.32. The highest BCUT2D eigenvalue weighted by molar-refractivity contribution is 7.10. The molecule has 32 heavy (non-hydrogen) atoms. The summed E-state index contributed by atoms with van der Waals surface area (Å²) >= 11 is 1.49. The van der Waals surface area contributed by atoms with Crippen LogP contribution in [0.3, 0.4) is 0 Å². The minimum atomic E-state index is -1.09. The lowest BCUT2D eigenvalue weighted by molar-refractivity contribution is -0.127. The van der Waals surface area contributed by atoms with E-state index >= 15 is 0 Å². The van der Waals surface area contributed by atoms with Gasteiger partial charge < -0.3 is 5.32 Å². The summed E-state index contributed by atoms with van der Waals surface area (Å²) in [6, 6.07) is 16.4. The summed E-state index contributed by atoms with van der Waals surface area (Å²) < 4.78 is 15.0. The van der Waals surface area contributed by atoms with Gasteiger partial charge in [0.2, 0.25) is 11.8 Å². The Bertz CT molecular complexity index is 1080. The summed E-state index contributed by atoms with van der Waals surface area (Å²) in [6.07, 6.45) is 4.09. The molecule has 6 heteroatoms. The Morgan fingerprint density at radius 2 is 1.88 bits per heavy atom. The number of benzene rings is 2. The molecule has 1 heterocycles. The van der Waals surface area contributed by atoms with Crippen molar-refractivity contribution in [2.75, 3.05) is 4.90 Å². The zero-order valence-corrected chi connectivity index (χ0v) is 18.9. The number of carbonyl (C=O) groups is 2. The van der Waals surface area contributed by atoms with Gasteiger partial charge in [0.15, 0.2) is 0 Å². The number of thiophene rings is 1. The van der Waals surface area contributed by atoms with Gasteiger partial charge in [0.05, 0.1) is 6.42 Å². The monoisotopic (exact) mass is 450 g/mol. The summed E-state index contributed by atoms with van der Waals surface area (Å²) in [4.78, 5) is 29.6. The van der Waals surface area contributed by atoms with Gasteiger partial charge in [-0.1, -0.05) is 49.2 Å². The molecule has 0 aliphatic heterocycles. The van der Waals surface area contributed by atoms with Crippen LogP contribution in [0, 0.1) is 12.7 Å². The Hall–Kier alpha value is -2.99. The van der Waals surface area contributed by atoms with Crippen molar-refractivity contribution in [3.8, 4) is 0 Å². The van der Waals surface area contributed by atoms with Gasteiger partial charge >= 0.3 is 0 Å². The molecule has 1 atom stereocenters. The second-order valence-corrected chi connectivity index (χ2v) is 9.31. The molecule has 1 saturated carbocycles. The first-order valence-corrected chi connectivity index (χ1v) is 11.9. The van der Waals surface area contributed by atoms with Gasteiger partial charge in [-0.25, -0.2) is 4.39 Å². The quantitative estimate of drug-likeness (QED) is 0.511. The van der Waals surface area contributed by atoms with Crippen LogP contribution < -0.4 is 10.2 Å². The van der Waals surface area contributed by atoms with E-state index in [1.54, 1.807) is 24.3 Å². The fourth-order valence-corrected chi connectivity index (χ4v) is 5.00. The number of carbonyl (C=O) groups excluding carboxylic acids is 2. The number of aryl methyl sites for hydroxylation is 1. The van der Waals surface area contributed by atoms with Crippen molar-refractivity contribution in [3.63, 3.8) is 0 Å². The molecule has 3 aromatic rings. The van der Waals surface area contributed by atoms with Crippen molar-refractivity contribution >= 4 is 28.8 Å². The lowest BCUT2D eigenvalue weighted by atomic mass is 10.0. The molecule has 2 aromatic carbocycles. The lowest BCUT2D eigenvalue weighted by Gasteiger charge is -2.32. The van der Waals surface area contributed by atoms with Crippen molar-refractivity contribution in [1.82, 2.24) is 5.32 Å². The first-order valence-electron chi connectivity index (χ1n) is 11.0. The third kappa shape index (κ3) is 5.07. The number of anilines is 1. The van der Waals surface area contributed by atoms with Crippen LogP contribution in [0.2, 0.25) is 0 Å². The molecule has 4 rings (SSSR count). The van der Waals surface area contributed by atoms with E-state index in [1.807, 2.05) is 42.6 Å². The number of rotatable bonds is 7. The van der Waals surface area contributed by atoms with Gasteiger partial charge in [0, 0.05) is 22.2 Å². The van der Waals surface area contributed by atoms with Crippen LogP contribution in [-0.2, 0) is 16.0 Å². The molecule has 1 fully saturated rings. The number of halogens is 1. The van der Waals surface area contributed by atoms with Crippen LogP contribution in [0.15, 0.2) is 66.0 Å². The minimum Gasteiger partial charge on any atom is -0.351 e. The van der Waals surface area contributed by atoms with Crippen molar-refractivity contribution in [1.29, 1.82) is 0 Å². The van der Waals surface area contributed by atoms with Crippen LogP contribution in [0.4, 0.5) is 10.1 Å². The highest BCUT2D eigenvalue weighted by atomic mass is 32.1. The first kappa shape index (κ1) is 22.2. The van der Waals surface area contributed by atoms with Crippen LogP contribution in [0.25, 0.3) is 0 Å². The van der Waals surface area contributed by atoms with Gasteiger partial charge in [-0.2, -0.15) is 0 Å². The largest absolute Gasteiger partial charge is 0.351 e. The van der Waals surface area contributed by atoms with E-state index < -0.39 is 11.9 Å². The standard InChI is InChI=1S/C26H27FN2O2S/c1-18-8-6-11-20(16-18)29(24(30)17-21-12-7-15-32-21)25(22-13-4-5-14-23(22)27)26(31)28-19-9-2-3-10-19/h4-8,11-16,19,25H,2-3,9-10,17H2,1H3,(H,28,31)/t25-/m1/s1. The number of nitrogens with zero attached hydrogens (tertiary/aromatic N) is 1. The molecule has 2 amide bonds. The molecule has 0 radical (unpaired) electrons. The summed E-state index contributed by atoms with van der Waals surface area (Å²) in [7, 11) is 0. The summed E-state index contributed by atoms with van der Waals surface area (Å²) in [5.74, 6) is -1.09. The molecule has 4 nitrogen and oxygen atoms in total. The molecule has 1 N–H and O–H groups in total. The van der Waals surface area contributed by atoms with Gasteiger partial charge in [-0.15, -0.1) is 11.3 Å². The van der Waals surface area contributed by atoms with Crippen LogP contribution in [0.1, 0.15) is 47.7 Å². The Balaban J connectivity index is 1.78. The van der Waals surface area contributed by atoms with E-state index in [4.69, 9.17) is 0 Å². The van der Waals surface area contributed by atoms with E-state index in [1.165, 1.54) is 22.3 Å². The highest BCUT2D eigenvalue weighted by Gasteiger charge is 2.35. The summed E-state index contributed by atoms with van der Waals surface area (Å²) in [5, 5.41) is 5.00. The predicted molar refractivity (Wildman–Crippen MR) is 126 cm³/mol. The molecule has 1 aliphatic carbocycles.